The van der Waals surface area contributed by atoms with Crippen LogP contribution in [0.4, 0.5) is 0 Å². The summed E-state index contributed by atoms with van der Waals surface area (Å²) >= 11 is 0. The molecular formula is C51H44N6. The van der Waals surface area contributed by atoms with Crippen molar-refractivity contribution in [1.82, 2.24) is 19.0 Å². The Morgan fingerprint density at radius 3 is 1.96 bits per heavy atom. The highest BCUT2D eigenvalue weighted by Gasteiger charge is 2.32. The Morgan fingerprint density at radius 1 is 0.596 bits per heavy atom. The van der Waals surface area contributed by atoms with E-state index in [9.17, 15) is 0 Å². The largest absolute Gasteiger partial charge is 0.333 e. The number of pyridine rings is 1. The minimum Gasteiger partial charge on any atom is -0.333 e. The van der Waals surface area contributed by atoms with Crippen LogP contribution >= 0.6 is 0 Å². The first-order valence-corrected chi connectivity index (χ1v) is 19.8. The minimum absolute atomic E-state index is 0.405. The summed E-state index contributed by atoms with van der Waals surface area (Å²) < 4.78 is 4.74. The van der Waals surface area contributed by atoms with Crippen LogP contribution in [-0.4, -0.2) is 37.7 Å². The third-order valence-electron chi connectivity index (χ3n) is 10.9. The number of aliphatic imine (C=N–C) groups is 2. The fourth-order valence-corrected chi connectivity index (χ4v) is 8.46. The Morgan fingerprint density at radius 2 is 1.21 bits per heavy atom. The average Bonchev–Trinajstić information content (AvgIpc) is 3.76. The number of hydrogen-bond donors (Lipinski definition) is 0. The molecule has 0 amide bonds. The molecule has 0 aliphatic carbocycles. The van der Waals surface area contributed by atoms with Gasteiger partial charge in [0, 0.05) is 68.5 Å². The van der Waals surface area contributed by atoms with Crippen LogP contribution < -0.4 is 0 Å². The number of aryl methyl sites for hydroxylation is 1. The number of amidine groups is 2. The predicted octanol–water partition coefficient (Wildman–Crippen LogP) is 12.5. The molecule has 0 spiro atoms. The molecule has 278 valence electrons. The number of rotatable bonds is 6. The highest BCUT2D eigenvalue weighted by molar-refractivity contribution is 6.23. The zero-order chi connectivity index (χ0) is 39.0. The van der Waals surface area contributed by atoms with Crippen LogP contribution in [0, 0.1) is 6.92 Å². The summed E-state index contributed by atoms with van der Waals surface area (Å²) in [4.78, 5) is 18.3. The van der Waals surface area contributed by atoms with Crippen LogP contribution in [0.25, 0.3) is 61.1 Å². The molecule has 57 heavy (non-hydrogen) atoms. The van der Waals surface area contributed by atoms with E-state index in [-0.39, 0.29) is 0 Å². The van der Waals surface area contributed by atoms with Gasteiger partial charge in [0.1, 0.15) is 5.84 Å². The highest BCUT2D eigenvalue weighted by Crippen LogP contribution is 2.39. The molecule has 4 heterocycles. The van der Waals surface area contributed by atoms with Crippen LogP contribution in [0.2, 0.25) is 0 Å². The molecule has 6 heteroatoms. The number of allylic oxidation sites excluding steroid dienone is 1. The van der Waals surface area contributed by atoms with Crippen LogP contribution in [-0.2, 0) is 0 Å². The smallest absolute Gasteiger partial charge is 0.161 e. The van der Waals surface area contributed by atoms with Crippen molar-refractivity contribution < 1.29 is 0 Å². The summed E-state index contributed by atoms with van der Waals surface area (Å²) in [6.07, 6.45) is 5.79. The Kier molecular flexibility index (Phi) is 9.31. The molecule has 0 bridgehead atoms. The third kappa shape index (κ3) is 5.84. The Bertz CT molecular complexity index is 3010. The number of aromatic nitrogens is 3. The zero-order valence-corrected chi connectivity index (χ0v) is 32.9. The number of para-hydroxylation sites is 6. The molecule has 1 atom stereocenters. The molecule has 0 N–H and O–H groups in total. The summed E-state index contributed by atoms with van der Waals surface area (Å²) in [5.74, 6) is 1.52. The van der Waals surface area contributed by atoms with Gasteiger partial charge in [-0.3, -0.25) is 4.98 Å². The van der Waals surface area contributed by atoms with Gasteiger partial charge < -0.3 is 14.0 Å². The molecule has 3 aromatic heterocycles. The van der Waals surface area contributed by atoms with Gasteiger partial charge in [0.2, 0.25) is 0 Å². The standard InChI is InChI=1S/C49H38N6.C2H6/c1-4-17-42-32(2)36-25-14-29-41(45(36)54(42)34-20-7-5-8-21-34)49-52-47(51-48(53(49)3)39-27-13-18-33-19-16-31-50-44(33)39)40-28-15-26-38-37-24-11-12-30-43(37)55(46(38)40)35-22-9-6-10-23-35;1-2/h4-31,48H,1-3H3;1-2H3/b17-4-;. The van der Waals surface area contributed by atoms with Gasteiger partial charge in [-0.05, 0) is 74.0 Å². The van der Waals surface area contributed by atoms with Gasteiger partial charge in [-0.15, -0.1) is 0 Å². The number of benzene rings is 6. The first-order valence-electron chi connectivity index (χ1n) is 19.8. The molecule has 6 nitrogen and oxygen atoms in total. The maximum atomic E-state index is 5.61. The van der Waals surface area contributed by atoms with Gasteiger partial charge in [-0.1, -0.05) is 123 Å². The van der Waals surface area contributed by atoms with Crippen molar-refractivity contribution in [2.45, 2.75) is 33.9 Å². The van der Waals surface area contributed by atoms with Crippen molar-refractivity contribution in [1.29, 1.82) is 0 Å². The maximum Gasteiger partial charge on any atom is 0.161 e. The van der Waals surface area contributed by atoms with E-state index in [0.717, 1.165) is 72.4 Å². The van der Waals surface area contributed by atoms with Gasteiger partial charge in [0.25, 0.3) is 0 Å². The first kappa shape index (κ1) is 35.6. The fourth-order valence-electron chi connectivity index (χ4n) is 8.46. The predicted molar refractivity (Wildman–Crippen MR) is 240 cm³/mol. The molecular weight excluding hydrogens is 697 g/mol. The molecule has 0 radical (unpaired) electrons. The molecule has 1 aliphatic heterocycles. The van der Waals surface area contributed by atoms with Crippen molar-refractivity contribution >= 4 is 61.4 Å². The zero-order valence-electron chi connectivity index (χ0n) is 32.9. The topological polar surface area (TPSA) is 50.7 Å². The molecule has 9 aromatic rings. The van der Waals surface area contributed by atoms with Crippen LogP contribution in [0.15, 0.2) is 174 Å². The Labute approximate surface area is 333 Å². The minimum atomic E-state index is -0.405. The van der Waals surface area contributed by atoms with E-state index in [1.807, 2.05) is 26.1 Å². The Balaban J connectivity index is 0.00000208. The van der Waals surface area contributed by atoms with Gasteiger partial charge in [-0.25, -0.2) is 9.98 Å². The summed E-state index contributed by atoms with van der Waals surface area (Å²) in [5, 5.41) is 4.61. The lowest BCUT2D eigenvalue weighted by atomic mass is 10.0. The van der Waals surface area contributed by atoms with Crippen molar-refractivity contribution in [3.63, 3.8) is 0 Å². The Hall–Kier alpha value is -7.05. The van der Waals surface area contributed by atoms with Crippen molar-refractivity contribution in [2.75, 3.05) is 7.05 Å². The van der Waals surface area contributed by atoms with E-state index in [2.05, 4.69) is 193 Å². The average molecular weight is 741 g/mol. The summed E-state index contributed by atoms with van der Waals surface area (Å²) in [7, 11) is 2.11. The summed E-state index contributed by atoms with van der Waals surface area (Å²) in [6.45, 7) is 8.29. The van der Waals surface area contributed by atoms with Crippen molar-refractivity contribution in [2.24, 2.45) is 9.98 Å². The molecule has 0 fully saturated rings. The molecule has 10 rings (SSSR count). The number of nitrogens with zero attached hydrogens (tertiary/aromatic N) is 6. The van der Waals surface area contributed by atoms with E-state index in [4.69, 9.17) is 15.0 Å². The van der Waals surface area contributed by atoms with Crippen LogP contribution in [0.3, 0.4) is 0 Å². The third-order valence-corrected chi connectivity index (χ3v) is 10.9. The summed E-state index contributed by atoms with van der Waals surface area (Å²) in [5.41, 5.74) is 11.8. The lowest BCUT2D eigenvalue weighted by molar-refractivity contribution is 0.385. The molecule has 0 saturated carbocycles. The number of fused-ring (bicyclic) bond motifs is 5. The van der Waals surface area contributed by atoms with Gasteiger partial charge in [-0.2, -0.15) is 0 Å². The van der Waals surface area contributed by atoms with E-state index in [1.54, 1.807) is 0 Å². The van der Waals surface area contributed by atoms with Crippen molar-refractivity contribution in [3.05, 3.63) is 192 Å². The summed E-state index contributed by atoms with van der Waals surface area (Å²) in [6, 6.07) is 53.4. The van der Waals surface area contributed by atoms with Gasteiger partial charge in [0.15, 0.2) is 12.0 Å². The normalized spacial score (nSPS) is 14.3. The number of hydrogen-bond acceptors (Lipinski definition) is 4. The molecule has 0 saturated heterocycles. The lowest BCUT2D eigenvalue weighted by Crippen LogP contribution is -2.36. The van der Waals surface area contributed by atoms with E-state index >= 15 is 0 Å². The monoisotopic (exact) mass is 740 g/mol. The van der Waals surface area contributed by atoms with Gasteiger partial charge >= 0.3 is 0 Å². The highest BCUT2D eigenvalue weighted by atomic mass is 15.3. The second kappa shape index (κ2) is 14.9. The van der Waals surface area contributed by atoms with Crippen LogP contribution in [0.5, 0.6) is 0 Å². The van der Waals surface area contributed by atoms with E-state index < -0.39 is 6.17 Å². The molecule has 1 aliphatic rings. The van der Waals surface area contributed by atoms with E-state index in [0.29, 0.717) is 5.84 Å². The molecule has 6 aromatic carbocycles. The fraction of sp³-hybridized carbons (Fsp3) is 0.118. The van der Waals surface area contributed by atoms with E-state index in [1.165, 1.54) is 16.3 Å². The molecule has 1 unspecified atom stereocenters. The lowest BCUT2D eigenvalue weighted by Gasteiger charge is -2.33. The maximum absolute atomic E-state index is 5.61. The SMILES string of the molecule is C/C=C\c1c(C)c2cccc(C3=NC(c4cccc5c6ccccc6n(-c6ccccc6)c45)=NC(c4cccc5cccnc45)N3C)c2n1-c1ccccc1.CC. The van der Waals surface area contributed by atoms with Crippen LogP contribution in [0.1, 0.15) is 54.9 Å². The first-order chi connectivity index (χ1) is 28.1. The quantitative estimate of drug-likeness (QED) is 0.170. The second-order valence-electron chi connectivity index (χ2n) is 14.1. The van der Waals surface area contributed by atoms with Gasteiger partial charge in [0.05, 0.1) is 22.1 Å². The second-order valence-corrected chi connectivity index (χ2v) is 14.1. The van der Waals surface area contributed by atoms with Crippen molar-refractivity contribution in [3.8, 4) is 11.4 Å².